The van der Waals surface area contributed by atoms with Gasteiger partial charge in [-0.15, -0.1) is 0 Å². The van der Waals surface area contributed by atoms with E-state index in [2.05, 4.69) is 5.10 Å². The fourth-order valence-electron chi connectivity index (χ4n) is 0.929. The predicted octanol–water partition coefficient (Wildman–Crippen LogP) is 1.35. The lowest BCUT2D eigenvalue weighted by molar-refractivity contribution is 0.373. The quantitative estimate of drug-likeness (QED) is 0.430. The SMILES string of the molecule is COc1cc(Cl)cc(C=NN)c1O. The minimum Gasteiger partial charge on any atom is -0.504 e. The lowest BCUT2D eigenvalue weighted by atomic mass is 10.2. The molecule has 0 saturated heterocycles. The van der Waals surface area contributed by atoms with Crippen molar-refractivity contribution in [2.45, 2.75) is 0 Å². The Labute approximate surface area is 80.6 Å². The molecule has 1 aromatic rings. The Bertz CT molecular complexity index is 339. The molecule has 0 aliphatic rings. The van der Waals surface area contributed by atoms with Crippen LogP contribution in [0.25, 0.3) is 0 Å². The first-order valence-corrected chi connectivity index (χ1v) is 3.86. The number of phenolic OH excluding ortho intramolecular Hbond substituents is 1. The van der Waals surface area contributed by atoms with Gasteiger partial charge < -0.3 is 15.7 Å². The first-order chi connectivity index (χ1) is 6.19. The van der Waals surface area contributed by atoms with E-state index in [0.29, 0.717) is 16.3 Å². The molecule has 0 saturated carbocycles. The molecule has 0 heterocycles. The Balaban J connectivity index is 3.26. The normalized spacial score (nSPS) is 10.6. The summed E-state index contributed by atoms with van der Waals surface area (Å²) in [6.45, 7) is 0. The van der Waals surface area contributed by atoms with Crippen LogP contribution in [0, 0.1) is 0 Å². The van der Waals surface area contributed by atoms with Gasteiger partial charge in [-0.3, -0.25) is 0 Å². The molecule has 1 aromatic carbocycles. The van der Waals surface area contributed by atoms with Crippen LogP contribution in [0.5, 0.6) is 11.5 Å². The number of aromatic hydroxyl groups is 1. The molecule has 0 amide bonds. The number of hydrogen-bond donors (Lipinski definition) is 2. The van der Waals surface area contributed by atoms with Crippen LogP contribution in [0.3, 0.4) is 0 Å². The second-order valence-corrected chi connectivity index (χ2v) is 2.76. The van der Waals surface area contributed by atoms with Crippen molar-refractivity contribution in [2.75, 3.05) is 7.11 Å². The third-order valence-electron chi connectivity index (χ3n) is 1.50. The largest absolute Gasteiger partial charge is 0.504 e. The Morgan fingerprint density at radius 1 is 1.62 bits per heavy atom. The zero-order valence-electron chi connectivity index (χ0n) is 6.99. The van der Waals surface area contributed by atoms with Gasteiger partial charge in [0.2, 0.25) is 0 Å². The smallest absolute Gasteiger partial charge is 0.166 e. The van der Waals surface area contributed by atoms with E-state index in [-0.39, 0.29) is 5.75 Å². The van der Waals surface area contributed by atoms with Crippen molar-refractivity contribution >= 4 is 17.8 Å². The van der Waals surface area contributed by atoms with Crippen molar-refractivity contribution < 1.29 is 9.84 Å². The van der Waals surface area contributed by atoms with Crippen molar-refractivity contribution in [2.24, 2.45) is 10.9 Å². The van der Waals surface area contributed by atoms with E-state index in [0.717, 1.165) is 0 Å². The number of phenols is 1. The summed E-state index contributed by atoms with van der Waals surface area (Å²) < 4.78 is 4.88. The van der Waals surface area contributed by atoms with Crippen LogP contribution in [-0.4, -0.2) is 18.4 Å². The molecule has 0 bridgehead atoms. The molecule has 0 unspecified atom stereocenters. The first kappa shape index (κ1) is 9.67. The van der Waals surface area contributed by atoms with Crippen LogP contribution in [-0.2, 0) is 0 Å². The number of nitrogens with zero attached hydrogens (tertiary/aromatic N) is 1. The molecule has 5 heteroatoms. The average molecular weight is 201 g/mol. The van der Waals surface area contributed by atoms with Gasteiger partial charge in [-0.25, -0.2) is 0 Å². The Morgan fingerprint density at radius 2 is 2.31 bits per heavy atom. The second-order valence-electron chi connectivity index (χ2n) is 2.32. The molecule has 0 atom stereocenters. The number of rotatable bonds is 2. The number of hydrazone groups is 1. The van der Waals surface area contributed by atoms with Crippen LogP contribution in [0.15, 0.2) is 17.2 Å². The summed E-state index contributed by atoms with van der Waals surface area (Å²) in [6, 6.07) is 3.04. The van der Waals surface area contributed by atoms with E-state index >= 15 is 0 Å². The Kier molecular flexibility index (Phi) is 2.97. The summed E-state index contributed by atoms with van der Waals surface area (Å²) in [5.74, 6) is 5.21. The maximum Gasteiger partial charge on any atom is 0.166 e. The van der Waals surface area contributed by atoms with Crippen LogP contribution >= 0.6 is 11.6 Å². The number of ether oxygens (including phenoxy) is 1. The number of benzene rings is 1. The van der Waals surface area contributed by atoms with Gasteiger partial charge in [-0.05, 0) is 6.07 Å². The molecule has 0 spiro atoms. The Morgan fingerprint density at radius 3 is 2.85 bits per heavy atom. The highest BCUT2D eigenvalue weighted by atomic mass is 35.5. The van der Waals surface area contributed by atoms with Crippen molar-refractivity contribution in [1.82, 2.24) is 0 Å². The van der Waals surface area contributed by atoms with Gasteiger partial charge in [0, 0.05) is 16.7 Å². The minimum atomic E-state index is -0.0268. The van der Waals surface area contributed by atoms with Crippen molar-refractivity contribution in [3.63, 3.8) is 0 Å². The molecule has 70 valence electrons. The van der Waals surface area contributed by atoms with E-state index in [1.807, 2.05) is 0 Å². The van der Waals surface area contributed by atoms with E-state index < -0.39 is 0 Å². The van der Waals surface area contributed by atoms with E-state index in [9.17, 15) is 5.11 Å². The topological polar surface area (TPSA) is 67.8 Å². The van der Waals surface area contributed by atoms with Crippen molar-refractivity contribution in [3.8, 4) is 11.5 Å². The number of hydrogen-bond acceptors (Lipinski definition) is 4. The summed E-state index contributed by atoms with van der Waals surface area (Å²) in [6.07, 6.45) is 1.30. The fraction of sp³-hybridized carbons (Fsp3) is 0.125. The summed E-state index contributed by atoms with van der Waals surface area (Å²) >= 11 is 5.74. The summed E-state index contributed by atoms with van der Waals surface area (Å²) in [5.41, 5.74) is 0.423. The molecular weight excluding hydrogens is 192 g/mol. The maximum absolute atomic E-state index is 9.51. The van der Waals surface area contributed by atoms with Crippen LogP contribution in [0.2, 0.25) is 5.02 Å². The lowest BCUT2D eigenvalue weighted by Gasteiger charge is -2.05. The molecule has 0 radical (unpaired) electrons. The predicted molar refractivity (Wildman–Crippen MR) is 51.5 cm³/mol. The first-order valence-electron chi connectivity index (χ1n) is 3.48. The fourth-order valence-corrected chi connectivity index (χ4v) is 1.15. The molecule has 3 N–H and O–H groups in total. The van der Waals surface area contributed by atoms with Crippen molar-refractivity contribution in [3.05, 3.63) is 22.7 Å². The molecule has 13 heavy (non-hydrogen) atoms. The average Bonchev–Trinajstić information content (AvgIpc) is 2.11. The number of halogens is 1. The van der Waals surface area contributed by atoms with Crippen molar-refractivity contribution in [1.29, 1.82) is 0 Å². The van der Waals surface area contributed by atoms with E-state index in [1.54, 1.807) is 0 Å². The van der Waals surface area contributed by atoms with Gasteiger partial charge in [-0.2, -0.15) is 5.10 Å². The Hall–Kier alpha value is -1.42. The van der Waals surface area contributed by atoms with E-state index in [1.165, 1.54) is 25.5 Å². The van der Waals surface area contributed by atoms with Gasteiger partial charge in [0.05, 0.1) is 13.3 Å². The molecule has 0 aromatic heterocycles. The van der Waals surface area contributed by atoms with Crippen LogP contribution in [0.4, 0.5) is 0 Å². The lowest BCUT2D eigenvalue weighted by Crippen LogP contribution is -1.91. The second kappa shape index (κ2) is 4.00. The number of methoxy groups -OCH3 is 1. The summed E-state index contributed by atoms with van der Waals surface area (Å²) in [4.78, 5) is 0. The molecule has 1 rings (SSSR count). The monoisotopic (exact) mass is 200 g/mol. The third kappa shape index (κ3) is 2.03. The van der Waals surface area contributed by atoms with Gasteiger partial charge in [0.15, 0.2) is 11.5 Å². The highest BCUT2D eigenvalue weighted by Gasteiger charge is 2.07. The molecule has 0 fully saturated rings. The summed E-state index contributed by atoms with van der Waals surface area (Å²) in [7, 11) is 1.44. The van der Waals surface area contributed by atoms with Crippen LogP contribution in [0.1, 0.15) is 5.56 Å². The highest BCUT2D eigenvalue weighted by Crippen LogP contribution is 2.32. The highest BCUT2D eigenvalue weighted by molar-refractivity contribution is 6.31. The summed E-state index contributed by atoms with van der Waals surface area (Å²) in [5, 5.41) is 13.2. The molecule has 0 aliphatic carbocycles. The molecule has 0 aliphatic heterocycles. The van der Waals surface area contributed by atoms with Gasteiger partial charge in [0.1, 0.15) is 0 Å². The third-order valence-corrected chi connectivity index (χ3v) is 1.72. The van der Waals surface area contributed by atoms with E-state index in [4.69, 9.17) is 22.2 Å². The van der Waals surface area contributed by atoms with Gasteiger partial charge in [-0.1, -0.05) is 11.6 Å². The zero-order chi connectivity index (χ0) is 9.84. The molecule has 4 nitrogen and oxygen atoms in total. The standard InChI is InChI=1S/C8H9ClN2O2/c1-13-7-3-6(9)2-5(4-11-10)8(7)12/h2-4,12H,10H2,1H3. The van der Waals surface area contributed by atoms with Crippen LogP contribution < -0.4 is 10.6 Å². The van der Waals surface area contributed by atoms with Gasteiger partial charge in [0.25, 0.3) is 0 Å². The number of nitrogens with two attached hydrogens (primary N) is 1. The van der Waals surface area contributed by atoms with Gasteiger partial charge >= 0.3 is 0 Å². The minimum absolute atomic E-state index is 0.0268. The molecular formula is C8H9ClN2O2. The maximum atomic E-state index is 9.51. The zero-order valence-corrected chi connectivity index (χ0v) is 7.75.